The van der Waals surface area contributed by atoms with Gasteiger partial charge in [-0.25, -0.2) is 0 Å². The Labute approximate surface area is 99.8 Å². The van der Waals surface area contributed by atoms with Crippen LogP contribution in [0.2, 0.25) is 0 Å². The number of ether oxygens (including phenoxy) is 2. The van der Waals surface area contributed by atoms with Crippen LogP contribution in [0.1, 0.15) is 26.2 Å². The first-order chi connectivity index (χ1) is 8.04. The van der Waals surface area contributed by atoms with Crippen LogP contribution < -0.4 is 0 Å². The van der Waals surface area contributed by atoms with Crippen LogP contribution in [0, 0.1) is 5.92 Å². The quantitative estimate of drug-likeness (QED) is 0.542. The van der Waals surface area contributed by atoms with Crippen molar-refractivity contribution in [3.05, 3.63) is 11.3 Å². The second kappa shape index (κ2) is 5.61. The minimum atomic E-state index is -0.546. The number of carbonyl (C=O) groups excluding carboxylic acids is 3. The molecule has 5 nitrogen and oxygen atoms in total. The number of esters is 1. The number of rotatable bonds is 4. The lowest BCUT2D eigenvalue weighted by atomic mass is 9.85. The molecule has 0 fully saturated rings. The van der Waals surface area contributed by atoms with Gasteiger partial charge in [-0.05, 0) is 0 Å². The Kier molecular flexibility index (Phi) is 4.43. The predicted octanol–water partition coefficient (Wildman–Crippen LogP) is 1.02. The summed E-state index contributed by atoms with van der Waals surface area (Å²) in [5.74, 6) is -1.28. The van der Waals surface area contributed by atoms with E-state index in [1.54, 1.807) is 6.92 Å². The van der Waals surface area contributed by atoms with E-state index in [0.29, 0.717) is 5.76 Å². The van der Waals surface area contributed by atoms with Gasteiger partial charge in [0, 0.05) is 19.3 Å². The molecule has 1 aliphatic rings. The first kappa shape index (κ1) is 13.4. The zero-order valence-corrected chi connectivity index (χ0v) is 10.2. The molecule has 0 aliphatic heterocycles. The molecule has 1 unspecified atom stereocenters. The average Bonchev–Trinajstić information content (AvgIpc) is 2.35. The highest BCUT2D eigenvalue weighted by Crippen LogP contribution is 2.29. The van der Waals surface area contributed by atoms with Gasteiger partial charge >= 0.3 is 5.97 Å². The summed E-state index contributed by atoms with van der Waals surface area (Å²) < 4.78 is 9.65. The average molecular weight is 240 g/mol. The van der Waals surface area contributed by atoms with Crippen molar-refractivity contribution in [3.63, 3.8) is 0 Å². The Hall–Kier alpha value is -1.65. The van der Waals surface area contributed by atoms with Gasteiger partial charge in [0.05, 0.1) is 25.7 Å². The Morgan fingerprint density at radius 2 is 1.94 bits per heavy atom. The predicted molar refractivity (Wildman–Crippen MR) is 59.1 cm³/mol. The van der Waals surface area contributed by atoms with Crippen LogP contribution >= 0.6 is 0 Å². The standard InChI is InChI=1S/C12H16O5/c1-4-8(13)11-9(14)5-7(12(15)17-3)6-10(11)16-2/h7H,4-6H2,1-3H3. The van der Waals surface area contributed by atoms with Gasteiger partial charge in [-0.1, -0.05) is 6.92 Å². The van der Waals surface area contributed by atoms with E-state index in [2.05, 4.69) is 4.74 Å². The number of Topliss-reactive ketones (excluding diaryl/α,β-unsaturated/α-hetero) is 2. The van der Waals surface area contributed by atoms with Crippen LogP contribution in [-0.4, -0.2) is 31.8 Å². The second-order valence-corrected chi connectivity index (χ2v) is 3.83. The number of hydrogen-bond donors (Lipinski definition) is 0. The first-order valence-electron chi connectivity index (χ1n) is 5.46. The van der Waals surface area contributed by atoms with Crippen LogP contribution in [0.3, 0.4) is 0 Å². The Balaban J connectivity index is 3.03. The Bertz CT molecular complexity index is 380. The summed E-state index contributed by atoms with van der Waals surface area (Å²) in [7, 11) is 2.67. The summed E-state index contributed by atoms with van der Waals surface area (Å²) in [5, 5.41) is 0. The summed E-state index contributed by atoms with van der Waals surface area (Å²) >= 11 is 0. The number of carbonyl (C=O) groups is 3. The van der Waals surface area contributed by atoms with E-state index in [9.17, 15) is 14.4 Å². The van der Waals surface area contributed by atoms with Crippen molar-refractivity contribution in [3.8, 4) is 0 Å². The van der Waals surface area contributed by atoms with Crippen LogP contribution in [-0.2, 0) is 23.9 Å². The Morgan fingerprint density at radius 3 is 2.41 bits per heavy atom. The third-order valence-corrected chi connectivity index (χ3v) is 2.80. The molecule has 5 heteroatoms. The van der Waals surface area contributed by atoms with Crippen molar-refractivity contribution in [2.24, 2.45) is 5.92 Å². The molecule has 0 spiro atoms. The van der Waals surface area contributed by atoms with Crippen molar-refractivity contribution in [1.29, 1.82) is 0 Å². The van der Waals surface area contributed by atoms with Crippen LogP contribution in [0.5, 0.6) is 0 Å². The lowest BCUT2D eigenvalue weighted by molar-refractivity contribution is -0.147. The molecular formula is C12H16O5. The van der Waals surface area contributed by atoms with Gasteiger partial charge in [-0.15, -0.1) is 0 Å². The van der Waals surface area contributed by atoms with Gasteiger partial charge in [0.1, 0.15) is 5.76 Å². The highest BCUT2D eigenvalue weighted by molar-refractivity contribution is 6.21. The number of hydrogen-bond acceptors (Lipinski definition) is 5. The Morgan fingerprint density at radius 1 is 1.29 bits per heavy atom. The molecule has 0 saturated carbocycles. The van der Waals surface area contributed by atoms with Gasteiger partial charge in [0.25, 0.3) is 0 Å². The van der Waals surface area contributed by atoms with Crippen molar-refractivity contribution in [2.75, 3.05) is 14.2 Å². The highest BCUT2D eigenvalue weighted by atomic mass is 16.5. The fourth-order valence-corrected chi connectivity index (χ4v) is 1.89. The molecule has 0 aromatic heterocycles. The number of ketones is 2. The molecule has 1 atom stereocenters. The van der Waals surface area contributed by atoms with Gasteiger partial charge in [0.2, 0.25) is 0 Å². The van der Waals surface area contributed by atoms with Crippen molar-refractivity contribution in [1.82, 2.24) is 0 Å². The van der Waals surface area contributed by atoms with Gasteiger partial charge < -0.3 is 9.47 Å². The zero-order valence-electron chi connectivity index (χ0n) is 10.2. The normalized spacial score (nSPS) is 20.2. The number of allylic oxidation sites excluding steroid dienone is 2. The van der Waals surface area contributed by atoms with Gasteiger partial charge in [-0.2, -0.15) is 0 Å². The summed E-state index contributed by atoms with van der Waals surface area (Å²) in [6, 6.07) is 0. The fraction of sp³-hybridized carbons (Fsp3) is 0.583. The largest absolute Gasteiger partial charge is 0.500 e. The van der Waals surface area contributed by atoms with Crippen LogP contribution in [0.25, 0.3) is 0 Å². The van der Waals surface area contributed by atoms with Gasteiger partial charge in [0.15, 0.2) is 11.6 Å². The maximum absolute atomic E-state index is 11.8. The minimum absolute atomic E-state index is 0.0145. The van der Waals surface area contributed by atoms with E-state index in [1.165, 1.54) is 14.2 Å². The number of methoxy groups -OCH3 is 2. The monoisotopic (exact) mass is 240 g/mol. The maximum Gasteiger partial charge on any atom is 0.309 e. The summed E-state index contributed by atoms with van der Waals surface area (Å²) in [5.41, 5.74) is 0.107. The van der Waals surface area contributed by atoms with E-state index in [0.717, 1.165) is 0 Å². The van der Waals surface area contributed by atoms with Crippen LogP contribution in [0.4, 0.5) is 0 Å². The SMILES string of the molecule is CCC(=O)C1=C(OC)CC(C(=O)OC)CC1=O. The van der Waals surface area contributed by atoms with Gasteiger partial charge in [-0.3, -0.25) is 14.4 Å². The van der Waals surface area contributed by atoms with E-state index in [-0.39, 0.29) is 36.4 Å². The molecule has 0 heterocycles. The molecule has 0 aromatic rings. The molecule has 94 valence electrons. The van der Waals surface area contributed by atoms with E-state index >= 15 is 0 Å². The zero-order chi connectivity index (χ0) is 13.0. The van der Waals surface area contributed by atoms with Crippen molar-refractivity contribution in [2.45, 2.75) is 26.2 Å². The summed E-state index contributed by atoms with van der Waals surface area (Å²) in [6.45, 7) is 1.68. The molecule has 0 amide bonds. The molecule has 0 aromatic carbocycles. The highest BCUT2D eigenvalue weighted by Gasteiger charge is 2.35. The van der Waals surface area contributed by atoms with Crippen molar-refractivity contribution < 1.29 is 23.9 Å². The third-order valence-electron chi connectivity index (χ3n) is 2.80. The second-order valence-electron chi connectivity index (χ2n) is 3.83. The van der Waals surface area contributed by atoms with E-state index in [1.807, 2.05) is 0 Å². The summed E-state index contributed by atoms with van der Waals surface area (Å²) in [4.78, 5) is 34.8. The smallest absolute Gasteiger partial charge is 0.309 e. The molecule has 1 rings (SSSR count). The van der Waals surface area contributed by atoms with E-state index < -0.39 is 11.9 Å². The summed E-state index contributed by atoms with van der Waals surface area (Å²) in [6.07, 6.45) is 0.507. The molecule has 0 saturated heterocycles. The first-order valence-corrected chi connectivity index (χ1v) is 5.46. The fourth-order valence-electron chi connectivity index (χ4n) is 1.89. The van der Waals surface area contributed by atoms with E-state index in [4.69, 9.17) is 4.74 Å². The third kappa shape index (κ3) is 2.72. The molecule has 17 heavy (non-hydrogen) atoms. The maximum atomic E-state index is 11.8. The minimum Gasteiger partial charge on any atom is -0.500 e. The molecule has 0 bridgehead atoms. The van der Waals surface area contributed by atoms with Crippen LogP contribution in [0.15, 0.2) is 11.3 Å². The molecule has 0 radical (unpaired) electrons. The molecular weight excluding hydrogens is 224 g/mol. The topological polar surface area (TPSA) is 69.7 Å². The lowest BCUT2D eigenvalue weighted by Gasteiger charge is -2.22. The molecule has 0 N–H and O–H groups in total. The molecule has 1 aliphatic carbocycles. The lowest BCUT2D eigenvalue weighted by Crippen LogP contribution is -2.29. The van der Waals surface area contributed by atoms with Crippen molar-refractivity contribution >= 4 is 17.5 Å².